The molecule has 35 heavy (non-hydrogen) atoms. The second-order valence-corrected chi connectivity index (χ2v) is 8.37. The molecule has 0 aliphatic heterocycles. The largest absolute Gasteiger partial charge is 0.487 e. The normalized spacial score (nSPS) is 12.3. The molecule has 0 spiro atoms. The van der Waals surface area contributed by atoms with Gasteiger partial charge in [-0.05, 0) is 86.6 Å². The zero-order valence-corrected chi connectivity index (χ0v) is 19.9. The number of rotatable bonds is 11. The molecule has 0 fully saturated rings. The van der Waals surface area contributed by atoms with Gasteiger partial charge in [0.1, 0.15) is 24.3 Å². The van der Waals surface area contributed by atoms with Crippen molar-refractivity contribution in [2.24, 2.45) is 5.84 Å². The van der Waals surface area contributed by atoms with Gasteiger partial charge in [0.2, 0.25) is 5.89 Å². The molecule has 0 radical (unpaired) electrons. The second kappa shape index (κ2) is 12.3. The van der Waals surface area contributed by atoms with E-state index in [2.05, 4.69) is 30.3 Å². The number of nitrogens with zero attached hydrogens (tertiary/aromatic N) is 1. The Morgan fingerprint density at radius 3 is 2.57 bits per heavy atom. The second-order valence-electron chi connectivity index (χ2n) is 8.37. The smallest absolute Gasteiger partial charge is 0.416 e. The van der Waals surface area contributed by atoms with Crippen molar-refractivity contribution in [3.63, 3.8) is 0 Å². The molecular weight excluding hydrogens is 455 g/mol. The Bertz CT molecular complexity index is 1150. The fraction of sp³-hybridized carbons (Fsp3) is 0.296. The first kappa shape index (κ1) is 26.1. The van der Waals surface area contributed by atoms with Crippen LogP contribution in [0.15, 0.2) is 64.9 Å². The predicted octanol–water partition coefficient (Wildman–Crippen LogP) is 6.83. The molecule has 0 saturated heterocycles. The molecular formula is C27H30F3N3O2. The molecule has 0 amide bonds. The molecule has 0 saturated carbocycles. The summed E-state index contributed by atoms with van der Waals surface area (Å²) in [6.07, 6.45) is 6.45. The monoisotopic (exact) mass is 485 g/mol. The number of hydrogen-bond acceptors (Lipinski definition) is 5. The van der Waals surface area contributed by atoms with E-state index >= 15 is 0 Å². The highest BCUT2D eigenvalue weighted by Gasteiger charge is 2.29. The lowest BCUT2D eigenvalue weighted by Gasteiger charge is -2.10. The first-order chi connectivity index (χ1) is 16.7. The minimum atomic E-state index is -4.35. The Labute approximate surface area is 203 Å². The third kappa shape index (κ3) is 8.33. The summed E-state index contributed by atoms with van der Waals surface area (Å²) in [4.78, 5) is 4.34. The number of nitrogens with one attached hydrogen (secondary N) is 1. The van der Waals surface area contributed by atoms with E-state index in [1.165, 1.54) is 35.1 Å². The lowest BCUT2D eigenvalue weighted by Crippen LogP contribution is -2.13. The van der Waals surface area contributed by atoms with Crippen LogP contribution in [0.25, 0.3) is 12.2 Å². The van der Waals surface area contributed by atoms with Crippen molar-refractivity contribution in [3.8, 4) is 5.75 Å². The van der Waals surface area contributed by atoms with Gasteiger partial charge in [0, 0.05) is 12.3 Å². The summed E-state index contributed by atoms with van der Waals surface area (Å²) in [7, 11) is 0. The van der Waals surface area contributed by atoms with Gasteiger partial charge in [0.15, 0.2) is 0 Å². The highest BCUT2D eigenvalue weighted by atomic mass is 19.4. The summed E-state index contributed by atoms with van der Waals surface area (Å²) >= 11 is 0. The molecule has 5 nitrogen and oxygen atoms in total. The summed E-state index contributed by atoms with van der Waals surface area (Å²) < 4.78 is 49.2. The number of alkyl halides is 3. The maximum atomic E-state index is 12.7. The SMILES string of the molecule is C/C(=C\NN)CCCCc1ccc(OCc2coc(/C=C/c3ccc(C(F)(F)F)cc3)n2)cc1C. The Morgan fingerprint density at radius 1 is 1.11 bits per heavy atom. The predicted molar refractivity (Wildman–Crippen MR) is 131 cm³/mol. The van der Waals surface area contributed by atoms with E-state index in [-0.39, 0.29) is 6.61 Å². The number of hydrazine groups is 1. The number of allylic oxidation sites excluding steroid dienone is 1. The molecule has 0 unspecified atom stereocenters. The fourth-order valence-electron chi connectivity index (χ4n) is 3.55. The van der Waals surface area contributed by atoms with Crippen LogP contribution < -0.4 is 16.0 Å². The van der Waals surface area contributed by atoms with Crippen molar-refractivity contribution >= 4 is 12.2 Å². The van der Waals surface area contributed by atoms with Crippen molar-refractivity contribution in [2.45, 2.75) is 52.3 Å². The van der Waals surface area contributed by atoms with Gasteiger partial charge in [-0.1, -0.05) is 23.8 Å². The zero-order chi connectivity index (χ0) is 25.3. The maximum Gasteiger partial charge on any atom is 0.416 e. The van der Waals surface area contributed by atoms with Crippen LogP contribution in [0.5, 0.6) is 5.75 Å². The van der Waals surface area contributed by atoms with Crippen LogP contribution in [0.1, 0.15) is 60.0 Å². The van der Waals surface area contributed by atoms with Gasteiger partial charge in [-0.2, -0.15) is 13.2 Å². The van der Waals surface area contributed by atoms with Gasteiger partial charge in [0.25, 0.3) is 0 Å². The van der Waals surface area contributed by atoms with Crippen molar-refractivity contribution in [1.29, 1.82) is 0 Å². The van der Waals surface area contributed by atoms with Crippen LogP contribution in [0.4, 0.5) is 13.2 Å². The number of halogens is 3. The Balaban J connectivity index is 1.48. The van der Waals surface area contributed by atoms with Gasteiger partial charge < -0.3 is 14.6 Å². The van der Waals surface area contributed by atoms with E-state index in [1.807, 2.05) is 18.3 Å². The first-order valence-corrected chi connectivity index (χ1v) is 11.4. The molecule has 1 aromatic heterocycles. The average Bonchev–Trinajstić information content (AvgIpc) is 3.28. The minimum Gasteiger partial charge on any atom is -0.487 e. The van der Waals surface area contributed by atoms with Crippen molar-refractivity contribution < 1.29 is 22.3 Å². The number of aromatic nitrogens is 1. The van der Waals surface area contributed by atoms with Crippen molar-refractivity contribution in [1.82, 2.24) is 10.4 Å². The molecule has 3 N–H and O–H groups in total. The molecule has 3 aromatic rings. The summed E-state index contributed by atoms with van der Waals surface area (Å²) in [6.45, 7) is 4.38. The van der Waals surface area contributed by atoms with E-state index in [0.29, 0.717) is 17.1 Å². The van der Waals surface area contributed by atoms with Gasteiger partial charge in [-0.15, -0.1) is 0 Å². The summed E-state index contributed by atoms with van der Waals surface area (Å²) in [5, 5.41) is 0. The Hall–Kier alpha value is -3.52. The Kier molecular flexibility index (Phi) is 9.14. The number of oxazole rings is 1. The van der Waals surface area contributed by atoms with E-state index in [1.54, 1.807) is 12.2 Å². The standard InChI is InChI=1S/C27H30F3N3O2/c1-19(16-32-31)5-3-4-6-22-10-13-25(15-20(22)2)34-17-24-18-35-26(33-24)14-9-21-7-11-23(12-8-21)27(28,29)30/h7-16,18,32H,3-6,17,31H2,1-2H3/b14-9+,19-16+. The maximum absolute atomic E-state index is 12.7. The Morgan fingerprint density at radius 2 is 1.89 bits per heavy atom. The van der Waals surface area contributed by atoms with Crippen molar-refractivity contribution in [3.05, 3.63) is 94.3 Å². The number of benzene rings is 2. The van der Waals surface area contributed by atoms with Gasteiger partial charge >= 0.3 is 6.18 Å². The number of aryl methyl sites for hydroxylation is 2. The zero-order valence-electron chi connectivity index (χ0n) is 19.9. The quantitative estimate of drug-likeness (QED) is 0.177. The summed E-state index contributed by atoms with van der Waals surface area (Å²) in [5.74, 6) is 6.40. The van der Waals surface area contributed by atoms with Crippen LogP contribution in [-0.2, 0) is 19.2 Å². The van der Waals surface area contributed by atoms with Crippen LogP contribution >= 0.6 is 0 Å². The first-order valence-electron chi connectivity index (χ1n) is 11.4. The van der Waals surface area contributed by atoms with Gasteiger partial charge in [0.05, 0.1) is 5.56 Å². The topological polar surface area (TPSA) is 73.3 Å². The third-order valence-corrected chi connectivity index (χ3v) is 5.52. The van der Waals surface area contributed by atoms with Crippen LogP contribution in [-0.4, -0.2) is 4.98 Å². The van der Waals surface area contributed by atoms with Crippen LogP contribution in [0.3, 0.4) is 0 Å². The highest BCUT2D eigenvalue weighted by molar-refractivity contribution is 5.66. The molecule has 0 aliphatic rings. The van der Waals surface area contributed by atoms with Gasteiger partial charge in [-0.3, -0.25) is 5.84 Å². The van der Waals surface area contributed by atoms with Crippen LogP contribution in [0, 0.1) is 6.92 Å². The van der Waals surface area contributed by atoms with E-state index in [0.717, 1.165) is 43.6 Å². The number of nitrogens with two attached hydrogens (primary N) is 1. The molecule has 186 valence electrons. The molecule has 1 heterocycles. The van der Waals surface area contributed by atoms with E-state index in [9.17, 15) is 13.2 Å². The average molecular weight is 486 g/mol. The number of hydrogen-bond donors (Lipinski definition) is 2. The lowest BCUT2D eigenvalue weighted by molar-refractivity contribution is -0.137. The number of ether oxygens (including phenoxy) is 1. The number of unbranched alkanes of at least 4 members (excludes halogenated alkanes) is 1. The molecule has 0 atom stereocenters. The van der Waals surface area contributed by atoms with Crippen molar-refractivity contribution in [2.75, 3.05) is 0 Å². The van der Waals surface area contributed by atoms with E-state index in [4.69, 9.17) is 15.0 Å². The minimum absolute atomic E-state index is 0.247. The van der Waals surface area contributed by atoms with E-state index < -0.39 is 11.7 Å². The highest BCUT2D eigenvalue weighted by Crippen LogP contribution is 2.29. The van der Waals surface area contributed by atoms with Crippen LogP contribution in [0.2, 0.25) is 0 Å². The lowest BCUT2D eigenvalue weighted by atomic mass is 10.0. The molecule has 8 heteroatoms. The fourth-order valence-corrected chi connectivity index (χ4v) is 3.55. The molecule has 0 aliphatic carbocycles. The third-order valence-electron chi connectivity index (χ3n) is 5.52. The molecule has 2 aromatic carbocycles. The summed E-state index contributed by atoms with van der Waals surface area (Å²) in [6, 6.07) is 10.9. The van der Waals surface area contributed by atoms with Gasteiger partial charge in [-0.25, -0.2) is 4.98 Å². The molecule has 0 bridgehead atoms. The molecule has 3 rings (SSSR count). The summed E-state index contributed by atoms with van der Waals surface area (Å²) in [5.41, 5.74) is 6.83.